The standard InChI is InChI=1S/C13H24N4O6/c1-6-16-9(7-8-17(21)11(16)19)10(18)14-23-15(5)12(20)22-13(2,3)4/h9,21H,6-8H2,1-5H3,(H,14,18). The molecule has 0 aromatic heterocycles. The highest BCUT2D eigenvalue weighted by Crippen LogP contribution is 2.15. The first-order valence-electron chi connectivity index (χ1n) is 7.27. The first-order valence-corrected chi connectivity index (χ1v) is 7.27. The van der Waals surface area contributed by atoms with Crippen LogP contribution in [0.25, 0.3) is 0 Å². The number of amides is 4. The normalized spacial score (nSPS) is 18.7. The van der Waals surface area contributed by atoms with Gasteiger partial charge in [-0.3, -0.25) is 10.0 Å². The van der Waals surface area contributed by atoms with Crippen molar-refractivity contribution in [3.8, 4) is 0 Å². The Morgan fingerprint density at radius 3 is 2.57 bits per heavy atom. The van der Waals surface area contributed by atoms with Gasteiger partial charge in [0, 0.05) is 13.6 Å². The van der Waals surface area contributed by atoms with Crippen LogP contribution >= 0.6 is 0 Å². The summed E-state index contributed by atoms with van der Waals surface area (Å²) in [7, 11) is 1.29. The molecule has 0 bridgehead atoms. The number of carbonyl (C=O) groups is 3. The van der Waals surface area contributed by atoms with Gasteiger partial charge < -0.3 is 9.64 Å². The van der Waals surface area contributed by atoms with Crippen LogP contribution in [0.2, 0.25) is 0 Å². The van der Waals surface area contributed by atoms with Gasteiger partial charge in [-0.2, -0.15) is 5.06 Å². The Morgan fingerprint density at radius 1 is 1.43 bits per heavy atom. The van der Waals surface area contributed by atoms with Gasteiger partial charge in [-0.1, -0.05) is 0 Å². The molecule has 1 saturated heterocycles. The van der Waals surface area contributed by atoms with Crippen LogP contribution in [0.5, 0.6) is 0 Å². The molecule has 23 heavy (non-hydrogen) atoms. The summed E-state index contributed by atoms with van der Waals surface area (Å²) in [5.41, 5.74) is 1.41. The number of hydroxylamine groups is 5. The summed E-state index contributed by atoms with van der Waals surface area (Å²) in [6.07, 6.45) is -0.534. The number of ether oxygens (including phenoxy) is 1. The number of rotatable bonds is 4. The van der Waals surface area contributed by atoms with E-state index in [2.05, 4.69) is 5.48 Å². The second kappa shape index (κ2) is 7.47. The Balaban J connectivity index is 2.55. The lowest BCUT2D eigenvalue weighted by Gasteiger charge is -2.37. The van der Waals surface area contributed by atoms with Crippen molar-refractivity contribution in [3.63, 3.8) is 0 Å². The SMILES string of the molecule is CCN1C(=O)N(O)CCC1C(=O)NON(C)C(=O)OC(C)(C)C. The fourth-order valence-electron chi connectivity index (χ4n) is 1.95. The van der Waals surface area contributed by atoms with Crippen molar-refractivity contribution in [2.24, 2.45) is 0 Å². The van der Waals surface area contributed by atoms with Crippen LogP contribution in [0.15, 0.2) is 0 Å². The first-order chi connectivity index (χ1) is 10.6. The van der Waals surface area contributed by atoms with Crippen LogP contribution in [-0.4, -0.2) is 70.0 Å². The largest absolute Gasteiger partial charge is 0.442 e. The molecule has 0 spiro atoms. The molecule has 0 aromatic carbocycles. The van der Waals surface area contributed by atoms with E-state index in [0.717, 1.165) is 5.06 Å². The van der Waals surface area contributed by atoms with E-state index in [9.17, 15) is 19.6 Å². The van der Waals surface area contributed by atoms with Gasteiger partial charge in [0.1, 0.15) is 11.6 Å². The summed E-state index contributed by atoms with van der Waals surface area (Å²) >= 11 is 0. The average molecular weight is 332 g/mol. The Kier molecular flexibility index (Phi) is 6.16. The van der Waals surface area contributed by atoms with E-state index < -0.39 is 29.7 Å². The minimum atomic E-state index is -0.789. The predicted octanol–water partition coefficient (Wildman–Crippen LogP) is 0.722. The predicted molar refractivity (Wildman–Crippen MR) is 77.9 cm³/mol. The number of hydrogen-bond acceptors (Lipinski definition) is 6. The van der Waals surface area contributed by atoms with E-state index in [4.69, 9.17) is 9.68 Å². The summed E-state index contributed by atoms with van der Waals surface area (Å²) in [5, 5.41) is 10.7. The number of carbonyl (C=O) groups excluding carboxylic acids is 3. The van der Waals surface area contributed by atoms with E-state index in [1.807, 2.05) is 0 Å². The van der Waals surface area contributed by atoms with Gasteiger partial charge in [0.05, 0.1) is 6.54 Å². The van der Waals surface area contributed by atoms with Gasteiger partial charge in [-0.15, -0.1) is 4.94 Å². The molecule has 0 aliphatic carbocycles. The first kappa shape index (κ1) is 19.0. The van der Waals surface area contributed by atoms with Crippen LogP contribution in [0.3, 0.4) is 0 Å². The highest BCUT2D eigenvalue weighted by atomic mass is 16.8. The van der Waals surface area contributed by atoms with Crippen molar-refractivity contribution >= 4 is 18.0 Å². The molecule has 0 saturated carbocycles. The molecule has 10 nitrogen and oxygen atoms in total. The van der Waals surface area contributed by atoms with E-state index in [1.165, 1.54) is 11.9 Å². The third-order valence-electron chi connectivity index (χ3n) is 3.03. The lowest BCUT2D eigenvalue weighted by atomic mass is 10.1. The van der Waals surface area contributed by atoms with Crippen molar-refractivity contribution in [2.45, 2.75) is 45.8 Å². The topological polar surface area (TPSA) is 112 Å². The molecular formula is C13H24N4O6. The van der Waals surface area contributed by atoms with Gasteiger partial charge in [0.15, 0.2) is 0 Å². The number of urea groups is 1. The van der Waals surface area contributed by atoms with E-state index >= 15 is 0 Å². The summed E-state index contributed by atoms with van der Waals surface area (Å²) in [6, 6.07) is -1.44. The number of nitrogens with one attached hydrogen (secondary N) is 1. The van der Waals surface area contributed by atoms with Gasteiger partial charge in [0.2, 0.25) is 0 Å². The van der Waals surface area contributed by atoms with Crippen molar-refractivity contribution in [1.82, 2.24) is 20.5 Å². The van der Waals surface area contributed by atoms with Crippen LogP contribution in [-0.2, 0) is 14.5 Å². The number of nitrogens with zero attached hydrogens (tertiary/aromatic N) is 3. The third-order valence-corrected chi connectivity index (χ3v) is 3.03. The summed E-state index contributed by atoms with van der Waals surface area (Å²) in [6.45, 7) is 7.07. The fourth-order valence-corrected chi connectivity index (χ4v) is 1.95. The quantitative estimate of drug-likeness (QED) is 0.579. The molecule has 4 amide bonds. The van der Waals surface area contributed by atoms with Crippen molar-refractivity contribution in [2.75, 3.05) is 20.1 Å². The minimum absolute atomic E-state index is 0.0370. The maximum Gasteiger partial charge on any atom is 0.436 e. The van der Waals surface area contributed by atoms with Crippen molar-refractivity contribution < 1.29 is 29.3 Å². The summed E-state index contributed by atoms with van der Waals surface area (Å²) in [5.74, 6) is -0.594. The van der Waals surface area contributed by atoms with E-state index in [1.54, 1.807) is 27.7 Å². The van der Waals surface area contributed by atoms with Gasteiger partial charge >= 0.3 is 12.1 Å². The van der Waals surface area contributed by atoms with Crippen LogP contribution < -0.4 is 5.48 Å². The minimum Gasteiger partial charge on any atom is -0.442 e. The molecule has 1 aliphatic rings. The highest BCUT2D eigenvalue weighted by Gasteiger charge is 2.36. The summed E-state index contributed by atoms with van der Waals surface area (Å²) in [4.78, 5) is 41.6. The number of likely N-dealkylation sites (N-methyl/N-ethyl adjacent to an activating group) is 1. The van der Waals surface area contributed by atoms with Crippen LogP contribution in [0.1, 0.15) is 34.1 Å². The lowest BCUT2D eigenvalue weighted by molar-refractivity contribution is -0.192. The zero-order chi connectivity index (χ0) is 17.8. The van der Waals surface area contributed by atoms with E-state index in [0.29, 0.717) is 5.06 Å². The maximum absolute atomic E-state index is 12.1. The van der Waals surface area contributed by atoms with E-state index in [-0.39, 0.29) is 19.5 Å². The Labute approximate surface area is 134 Å². The molecule has 2 N–H and O–H groups in total. The average Bonchev–Trinajstić information content (AvgIpc) is 2.45. The molecular weight excluding hydrogens is 308 g/mol. The summed E-state index contributed by atoms with van der Waals surface area (Å²) < 4.78 is 5.06. The van der Waals surface area contributed by atoms with Crippen molar-refractivity contribution in [3.05, 3.63) is 0 Å². The Bertz CT molecular complexity index is 464. The monoisotopic (exact) mass is 332 g/mol. The molecule has 1 rings (SSSR count). The maximum atomic E-state index is 12.1. The second-order valence-electron chi connectivity index (χ2n) is 6.03. The number of hydrogen-bond donors (Lipinski definition) is 2. The molecule has 1 atom stereocenters. The second-order valence-corrected chi connectivity index (χ2v) is 6.03. The molecule has 1 fully saturated rings. The van der Waals surface area contributed by atoms with Gasteiger partial charge in [-0.05, 0) is 34.1 Å². The smallest absolute Gasteiger partial charge is 0.436 e. The molecule has 1 aliphatic heterocycles. The third kappa shape index (κ3) is 5.25. The molecule has 0 radical (unpaired) electrons. The molecule has 132 valence electrons. The Hall–Kier alpha value is -2.07. The fraction of sp³-hybridized carbons (Fsp3) is 0.769. The van der Waals surface area contributed by atoms with Gasteiger partial charge in [0.25, 0.3) is 5.91 Å². The van der Waals surface area contributed by atoms with Crippen LogP contribution in [0, 0.1) is 0 Å². The Morgan fingerprint density at radius 2 is 2.04 bits per heavy atom. The zero-order valence-electron chi connectivity index (χ0n) is 14.0. The van der Waals surface area contributed by atoms with Crippen molar-refractivity contribution in [1.29, 1.82) is 0 Å². The van der Waals surface area contributed by atoms with Crippen LogP contribution in [0.4, 0.5) is 9.59 Å². The highest BCUT2D eigenvalue weighted by molar-refractivity contribution is 5.87. The molecule has 10 heteroatoms. The molecule has 1 heterocycles. The molecule has 1 unspecified atom stereocenters. The zero-order valence-corrected chi connectivity index (χ0v) is 14.0. The lowest BCUT2D eigenvalue weighted by Crippen LogP contribution is -2.58. The van der Waals surface area contributed by atoms with Gasteiger partial charge in [-0.25, -0.2) is 20.1 Å². The molecule has 0 aromatic rings.